The van der Waals surface area contributed by atoms with Gasteiger partial charge in [-0.3, -0.25) is 4.79 Å². The highest BCUT2D eigenvalue weighted by molar-refractivity contribution is 6.31. The number of piperidine rings is 2. The molecule has 2 saturated heterocycles. The van der Waals surface area contributed by atoms with E-state index in [0.29, 0.717) is 18.0 Å². The molecular formula is C20H27ClFN3O. The molecule has 1 aliphatic carbocycles. The summed E-state index contributed by atoms with van der Waals surface area (Å²) in [6.45, 7) is 6.06. The first-order valence-corrected chi connectivity index (χ1v) is 10.2. The highest BCUT2D eigenvalue weighted by Crippen LogP contribution is 2.49. The van der Waals surface area contributed by atoms with Gasteiger partial charge in [-0.05, 0) is 87.3 Å². The molecule has 1 aromatic carbocycles. The number of fused-ring (bicyclic) bond motifs is 1. The van der Waals surface area contributed by atoms with Crippen molar-refractivity contribution >= 4 is 23.2 Å². The van der Waals surface area contributed by atoms with Crippen LogP contribution in [0.25, 0.3) is 0 Å². The third-order valence-electron chi connectivity index (χ3n) is 6.43. The quantitative estimate of drug-likeness (QED) is 0.796. The largest absolute Gasteiger partial charge is 0.326 e. The number of carbonyl (C=O) groups is 1. The lowest BCUT2D eigenvalue weighted by Gasteiger charge is -2.32. The van der Waals surface area contributed by atoms with Crippen molar-refractivity contribution in [2.24, 2.45) is 23.7 Å². The maximum Gasteiger partial charge on any atom is 0.224 e. The van der Waals surface area contributed by atoms with Crippen molar-refractivity contribution in [3.05, 3.63) is 29.0 Å². The molecule has 0 aromatic heterocycles. The summed E-state index contributed by atoms with van der Waals surface area (Å²) in [5.41, 5.74) is 0.556. The molecule has 3 atom stereocenters. The molecule has 2 heterocycles. The number of carbonyl (C=O) groups excluding carboxylic acids is 1. The van der Waals surface area contributed by atoms with E-state index in [1.54, 1.807) is 6.07 Å². The monoisotopic (exact) mass is 379 g/mol. The van der Waals surface area contributed by atoms with Gasteiger partial charge in [0.25, 0.3) is 0 Å². The molecule has 1 unspecified atom stereocenters. The fourth-order valence-electron chi connectivity index (χ4n) is 4.71. The van der Waals surface area contributed by atoms with E-state index < -0.39 is 5.82 Å². The zero-order valence-corrected chi connectivity index (χ0v) is 15.8. The van der Waals surface area contributed by atoms with E-state index in [9.17, 15) is 9.18 Å². The Balaban J connectivity index is 1.14. The molecule has 26 heavy (non-hydrogen) atoms. The molecule has 0 bridgehead atoms. The van der Waals surface area contributed by atoms with E-state index in [1.807, 2.05) is 0 Å². The van der Waals surface area contributed by atoms with Crippen molar-refractivity contribution in [3.63, 3.8) is 0 Å². The SMILES string of the molecule is O=C(CCC1CCN(CC2[C@H]3CNC[C@@H]23)CC1)Nc1ccc(F)c(Cl)c1. The maximum absolute atomic E-state index is 13.2. The third-order valence-corrected chi connectivity index (χ3v) is 6.72. The molecule has 0 spiro atoms. The average Bonchev–Trinajstić information content (AvgIpc) is 3.04. The van der Waals surface area contributed by atoms with Crippen LogP contribution in [-0.4, -0.2) is 43.5 Å². The summed E-state index contributed by atoms with van der Waals surface area (Å²) >= 11 is 5.75. The molecule has 4 nitrogen and oxygen atoms in total. The minimum atomic E-state index is -0.470. The summed E-state index contributed by atoms with van der Waals surface area (Å²) in [6, 6.07) is 4.27. The number of nitrogens with one attached hydrogen (secondary N) is 2. The number of nitrogens with zero attached hydrogens (tertiary/aromatic N) is 1. The Morgan fingerprint density at radius 2 is 2.00 bits per heavy atom. The van der Waals surface area contributed by atoms with Gasteiger partial charge in [-0.1, -0.05) is 11.6 Å². The van der Waals surface area contributed by atoms with Gasteiger partial charge in [-0.25, -0.2) is 4.39 Å². The lowest BCUT2D eigenvalue weighted by atomic mass is 9.92. The molecule has 0 radical (unpaired) electrons. The fraction of sp³-hybridized carbons (Fsp3) is 0.650. The minimum absolute atomic E-state index is 0.0200. The van der Waals surface area contributed by atoms with Gasteiger partial charge in [0.05, 0.1) is 5.02 Å². The van der Waals surface area contributed by atoms with Crippen molar-refractivity contribution < 1.29 is 9.18 Å². The Morgan fingerprint density at radius 1 is 1.27 bits per heavy atom. The number of amides is 1. The van der Waals surface area contributed by atoms with E-state index >= 15 is 0 Å². The number of halogens is 2. The van der Waals surface area contributed by atoms with Gasteiger partial charge in [0.2, 0.25) is 5.91 Å². The van der Waals surface area contributed by atoms with E-state index in [4.69, 9.17) is 11.6 Å². The van der Waals surface area contributed by atoms with Crippen LogP contribution in [0.5, 0.6) is 0 Å². The standard InChI is InChI=1S/C20H27ClFN3O/c21-18-9-14(2-3-19(18)22)24-20(26)4-1-13-5-7-25(8-6-13)12-17-15-10-23-11-16(15)17/h2-3,9,13,15-17,23H,1,4-8,10-12H2,(H,24,26)/t15-,16+,17?. The Hall–Kier alpha value is -1.17. The molecule has 1 aromatic rings. The van der Waals surface area contributed by atoms with Gasteiger partial charge in [0.15, 0.2) is 0 Å². The molecule has 3 fully saturated rings. The van der Waals surface area contributed by atoms with Crippen LogP contribution >= 0.6 is 11.6 Å². The van der Waals surface area contributed by atoms with E-state index in [-0.39, 0.29) is 10.9 Å². The fourth-order valence-corrected chi connectivity index (χ4v) is 4.89. The van der Waals surface area contributed by atoms with E-state index in [0.717, 1.165) is 24.2 Å². The Bertz CT molecular complexity index is 652. The van der Waals surface area contributed by atoms with Crippen LogP contribution in [0.2, 0.25) is 5.02 Å². The van der Waals surface area contributed by atoms with Crippen LogP contribution in [0.4, 0.5) is 10.1 Å². The Labute approximate surface area is 159 Å². The van der Waals surface area contributed by atoms with Crippen LogP contribution in [0.3, 0.4) is 0 Å². The second-order valence-electron chi connectivity index (χ2n) is 8.11. The normalized spacial score (nSPS) is 28.8. The second kappa shape index (κ2) is 7.83. The summed E-state index contributed by atoms with van der Waals surface area (Å²) in [4.78, 5) is 14.7. The molecule has 2 aliphatic heterocycles. The van der Waals surface area contributed by atoms with Crippen LogP contribution < -0.4 is 10.6 Å². The van der Waals surface area contributed by atoms with Crippen molar-refractivity contribution in [3.8, 4) is 0 Å². The van der Waals surface area contributed by atoms with Crippen LogP contribution in [0.15, 0.2) is 18.2 Å². The molecule has 3 aliphatic rings. The summed E-state index contributed by atoms with van der Waals surface area (Å²) in [6.07, 6.45) is 3.82. The Morgan fingerprint density at radius 3 is 2.69 bits per heavy atom. The van der Waals surface area contributed by atoms with Gasteiger partial charge in [0, 0.05) is 18.7 Å². The molecule has 6 heteroatoms. The summed E-state index contributed by atoms with van der Waals surface area (Å²) < 4.78 is 13.2. The van der Waals surface area contributed by atoms with Crippen LogP contribution in [-0.2, 0) is 4.79 Å². The summed E-state index contributed by atoms with van der Waals surface area (Å²) in [7, 11) is 0. The van der Waals surface area contributed by atoms with Crippen molar-refractivity contribution in [1.29, 1.82) is 0 Å². The smallest absolute Gasteiger partial charge is 0.224 e. The van der Waals surface area contributed by atoms with Gasteiger partial charge >= 0.3 is 0 Å². The second-order valence-corrected chi connectivity index (χ2v) is 8.52. The van der Waals surface area contributed by atoms with Gasteiger partial charge in [-0.2, -0.15) is 0 Å². The van der Waals surface area contributed by atoms with Crippen molar-refractivity contribution in [2.75, 3.05) is 38.0 Å². The van der Waals surface area contributed by atoms with E-state index in [1.165, 1.54) is 57.7 Å². The number of likely N-dealkylation sites (tertiary alicyclic amines) is 1. The zero-order valence-electron chi connectivity index (χ0n) is 15.0. The number of hydrogen-bond acceptors (Lipinski definition) is 3. The first kappa shape index (κ1) is 18.2. The molecular weight excluding hydrogens is 353 g/mol. The number of hydrogen-bond donors (Lipinski definition) is 2. The van der Waals surface area contributed by atoms with E-state index in [2.05, 4.69) is 15.5 Å². The first-order valence-electron chi connectivity index (χ1n) is 9.78. The molecule has 2 N–H and O–H groups in total. The number of rotatable bonds is 6. The lowest BCUT2D eigenvalue weighted by Crippen LogP contribution is -2.36. The molecule has 4 rings (SSSR count). The minimum Gasteiger partial charge on any atom is -0.326 e. The predicted molar refractivity (Wildman–Crippen MR) is 102 cm³/mol. The molecule has 142 valence electrons. The summed E-state index contributed by atoms with van der Waals surface area (Å²) in [5, 5.41) is 6.31. The Kier molecular flexibility index (Phi) is 5.48. The third kappa shape index (κ3) is 4.21. The van der Waals surface area contributed by atoms with Gasteiger partial charge in [0.1, 0.15) is 5.82 Å². The zero-order chi connectivity index (χ0) is 18.1. The topological polar surface area (TPSA) is 44.4 Å². The molecule has 1 amide bonds. The van der Waals surface area contributed by atoms with Gasteiger partial charge < -0.3 is 15.5 Å². The lowest BCUT2D eigenvalue weighted by molar-refractivity contribution is -0.116. The highest BCUT2D eigenvalue weighted by atomic mass is 35.5. The average molecular weight is 380 g/mol. The molecule has 1 saturated carbocycles. The predicted octanol–water partition coefficient (Wildman–Crippen LogP) is 3.38. The van der Waals surface area contributed by atoms with Gasteiger partial charge in [-0.15, -0.1) is 0 Å². The number of anilines is 1. The summed E-state index contributed by atoms with van der Waals surface area (Å²) in [5.74, 6) is 2.96. The van der Waals surface area contributed by atoms with Crippen molar-refractivity contribution in [1.82, 2.24) is 10.2 Å². The van der Waals surface area contributed by atoms with Crippen LogP contribution in [0.1, 0.15) is 25.7 Å². The number of benzene rings is 1. The van der Waals surface area contributed by atoms with Crippen molar-refractivity contribution in [2.45, 2.75) is 25.7 Å². The highest BCUT2D eigenvalue weighted by Gasteiger charge is 2.52. The maximum atomic E-state index is 13.2. The van der Waals surface area contributed by atoms with Crippen LogP contribution in [0, 0.1) is 29.5 Å². The first-order chi connectivity index (χ1) is 12.6.